The number of piperazine rings is 1. The monoisotopic (exact) mass is 472 g/mol. The van der Waals surface area contributed by atoms with Crippen LogP contribution in [0, 0.1) is 0 Å². The van der Waals surface area contributed by atoms with Gasteiger partial charge in [-0.05, 0) is 54.7 Å². The van der Waals surface area contributed by atoms with E-state index in [0.29, 0.717) is 6.42 Å². The van der Waals surface area contributed by atoms with Crippen LogP contribution in [0.15, 0.2) is 42.5 Å². The van der Waals surface area contributed by atoms with Crippen molar-refractivity contribution >= 4 is 0 Å². The molecule has 3 atom stereocenters. The molecule has 180 valence electrons. The van der Waals surface area contributed by atoms with Crippen molar-refractivity contribution < 1.29 is 31.1 Å². The number of hydrogen-bond donors (Lipinski definition) is 1. The van der Waals surface area contributed by atoms with E-state index in [1.807, 2.05) is 18.2 Å². The molecular weight excluding hydrogens is 446 g/mol. The number of nitrogens with one attached hydrogen (secondary N) is 1. The maximum Gasteiger partial charge on any atom is 0.416 e. The summed E-state index contributed by atoms with van der Waals surface area (Å²) in [4.78, 5) is 2.29. The third-order valence-corrected chi connectivity index (χ3v) is 6.43. The Morgan fingerprint density at radius 1 is 0.939 bits per heavy atom. The van der Waals surface area contributed by atoms with Crippen molar-refractivity contribution in [1.82, 2.24) is 10.2 Å². The van der Waals surface area contributed by atoms with E-state index in [9.17, 15) is 26.3 Å². The first-order chi connectivity index (χ1) is 15.5. The fourth-order valence-electron chi connectivity index (χ4n) is 4.80. The average molecular weight is 472 g/mol. The number of rotatable bonds is 4. The number of ether oxygens (including phenoxy) is 1. The highest BCUT2D eigenvalue weighted by Crippen LogP contribution is 2.41. The van der Waals surface area contributed by atoms with Gasteiger partial charge >= 0.3 is 12.4 Å². The van der Waals surface area contributed by atoms with Gasteiger partial charge in [-0.25, -0.2) is 0 Å². The van der Waals surface area contributed by atoms with Crippen LogP contribution in [0.5, 0.6) is 0 Å². The van der Waals surface area contributed by atoms with Gasteiger partial charge in [-0.15, -0.1) is 0 Å². The molecule has 1 fully saturated rings. The summed E-state index contributed by atoms with van der Waals surface area (Å²) >= 11 is 0. The Hall–Kier alpha value is -2.10. The number of nitrogens with zero attached hydrogens (tertiary/aromatic N) is 1. The van der Waals surface area contributed by atoms with Crippen molar-refractivity contribution in [2.24, 2.45) is 0 Å². The molecule has 4 rings (SSSR count). The summed E-state index contributed by atoms with van der Waals surface area (Å²) in [5.74, 6) is 0. The minimum absolute atomic E-state index is 0.104. The molecule has 2 aromatic rings. The zero-order valence-corrected chi connectivity index (χ0v) is 18.1. The Kier molecular flexibility index (Phi) is 6.75. The van der Waals surface area contributed by atoms with Crippen LogP contribution in [-0.4, -0.2) is 37.2 Å². The molecule has 2 aliphatic rings. The molecular formula is C24H26F6N2O. The van der Waals surface area contributed by atoms with Gasteiger partial charge in [-0.3, -0.25) is 4.90 Å². The Bertz CT molecular complexity index is 936. The Balaban J connectivity index is 1.65. The van der Waals surface area contributed by atoms with Gasteiger partial charge in [0, 0.05) is 26.2 Å². The maximum atomic E-state index is 13.3. The van der Waals surface area contributed by atoms with Crippen LogP contribution in [0.2, 0.25) is 0 Å². The first-order valence-electron chi connectivity index (χ1n) is 11.0. The van der Waals surface area contributed by atoms with E-state index in [2.05, 4.69) is 16.3 Å². The van der Waals surface area contributed by atoms with Crippen molar-refractivity contribution in [3.63, 3.8) is 0 Å². The van der Waals surface area contributed by atoms with Crippen LogP contribution >= 0.6 is 0 Å². The van der Waals surface area contributed by atoms with E-state index in [1.165, 1.54) is 12.5 Å². The quantitative estimate of drug-likeness (QED) is 0.573. The molecule has 2 aromatic carbocycles. The van der Waals surface area contributed by atoms with Gasteiger partial charge in [0.25, 0.3) is 0 Å². The standard InChI is InChI=1S/C24H26F6N2O/c1-15(17-12-18(23(25,26)27)14-19(13-17)24(28,29)30)33-21-7-6-16-4-2-3-5-20(16)22(21)32-10-8-31-9-11-32/h2-5,12-15,21-22,31H,6-11H2,1H3. The molecule has 1 heterocycles. The van der Waals surface area contributed by atoms with Crippen molar-refractivity contribution in [1.29, 1.82) is 0 Å². The lowest BCUT2D eigenvalue weighted by molar-refractivity contribution is -0.143. The van der Waals surface area contributed by atoms with E-state index in [1.54, 1.807) is 0 Å². The van der Waals surface area contributed by atoms with Crippen LogP contribution in [-0.2, 0) is 23.5 Å². The molecule has 0 aromatic heterocycles. The largest absolute Gasteiger partial charge is 0.416 e. The Labute approximate surface area is 188 Å². The SMILES string of the molecule is CC(OC1CCc2ccccc2C1N1CCNCC1)c1cc(C(F)(F)F)cc(C(F)(F)F)c1. The highest BCUT2D eigenvalue weighted by atomic mass is 19.4. The summed E-state index contributed by atoms with van der Waals surface area (Å²) in [7, 11) is 0. The summed E-state index contributed by atoms with van der Waals surface area (Å²) < 4.78 is 86.1. The number of hydrogen-bond acceptors (Lipinski definition) is 3. The van der Waals surface area contributed by atoms with Crippen LogP contribution in [0.25, 0.3) is 0 Å². The van der Waals surface area contributed by atoms with Crippen LogP contribution in [0.4, 0.5) is 26.3 Å². The van der Waals surface area contributed by atoms with E-state index in [4.69, 9.17) is 4.74 Å². The summed E-state index contributed by atoms with van der Waals surface area (Å²) in [6.07, 6.45) is -9.68. The second-order valence-corrected chi connectivity index (χ2v) is 8.62. The van der Waals surface area contributed by atoms with E-state index in [-0.39, 0.29) is 23.8 Å². The summed E-state index contributed by atoms with van der Waals surface area (Å²) in [6, 6.07) is 9.58. The highest BCUT2D eigenvalue weighted by Gasteiger charge is 2.39. The minimum atomic E-state index is -4.89. The van der Waals surface area contributed by atoms with Crippen molar-refractivity contribution in [3.8, 4) is 0 Å². The average Bonchev–Trinajstić information content (AvgIpc) is 2.78. The lowest BCUT2D eigenvalue weighted by Crippen LogP contribution is -2.49. The molecule has 1 N–H and O–H groups in total. The van der Waals surface area contributed by atoms with Gasteiger partial charge < -0.3 is 10.1 Å². The molecule has 0 radical (unpaired) electrons. The summed E-state index contributed by atoms with van der Waals surface area (Å²) in [5, 5.41) is 3.30. The van der Waals surface area contributed by atoms with Gasteiger partial charge in [0.2, 0.25) is 0 Å². The molecule has 9 heteroatoms. The molecule has 0 saturated carbocycles. The lowest BCUT2D eigenvalue weighted by Gasteiger charge is -2.43. The van der Waals surface area contributed by atoms with Gasteiger partial charge in [-0.2, -0.15) is 26.3 Å². The third kappa shape index (κ3) is 5.36. The third-order valence-electron chi connectivity index (χ3n) is 6.43. The van der Waals surface area contributed by atoms with Crippen LogP contribution in [0.3, 0.4) is 0 Å². The number of fused-ring (bicyclic) bond motifs is 1. The molecule has 0 spiro atoms. The molecule has 1 aliphatic carbocycles. The van der Waals surface area contributed by atoms with Crippen molar-refractivity contribution in [3.05, 3.63) is 70.3 Å². The normalized spacial score (nSPS) is 23.2. The first-order valence-corrected chi connectivity index (χ1v) is 11.0. The van der Waals surface area contributed by atoms with Gasteiger partial charge in [0.15, 0.2) is 0 Å². The predicted octanol–water partition coefficient (Wildman–Crippen LogP) is 5.76. The van der Waals surface area contributed by atoms with Gasteiger partial charge in [0.05, 0.1) is 29.4 Å². The van der Waals surface area contributed by atoms with Gasteiger partial charge in [-0.1, -0.05) is 24.3 Å². The number of benzene rings is 2. The van der Waals surface area contributed by atoms with E-state index >= 15 is 0 Å². The molecule has 3 unspecified atom stereocenters. The van der Waals surface area contributed by atoms with Crippen LogP contribution < -0.4 is 5.32 Å². The minimum Gasteiger partial charge on any atom is -0.369 e. The number of alkyl halides is 6. The second kappa shape index (κ2) is 9.27. The predicted molar refractivity (Wildman–Crippen MR) is 112 cm³/mol. The molecule has 1 aliphatic heterocycles. The maximum absolute atomic E-state index is 13.3. The van der Waals surface area contributed by atoms with Crippen LogP contribution in [0.1, 0.15) is 53.3 Å². The fraction of sp³-hybridized carbons (Fsp3) is 0.500. The van der Waals surface area contributed by atoms with E-state index < -0.39 is 29.6 Å². The number of halogens is 6. The summed E-state index contributed by atoms with van der Waals surface area (Å²) in [6.45, 7) is 4.71. The topological polar surface area (TPSA) is 24.5 Å². The molecule has 1 saturated heterocycles. The second-order valence-electron chi connectivity index (χ2n) is 8.62. The van der Waals surface area contributed by atoms with Crippen molar-refractivity contribution in [2.75, 3.05) is 26.2 Å². The highest BCUT2D eigenvalue weighted by molar-refractivity contribution is 5.36. The fourth-order valence-corrected chi connectivity index (χ4v) is 4.80. The first kappa shape index (κ1) is 24.0. The lowest BCUT2D eigenvalue weighted by atomic mass is 9.84. The molecule has 0 amide bonds. The molecule has 33 heavy (non-hydrogen) atoms. The molecule has 0 bridgehead atoms. The smallest absolute Gasteiger partial charge is 0.369 e. The summed E-state index contributed by atoms with van der Waals surface area (Å²) in [5.41, 5.74) is -0.462. The zero-order chi connectivity index (χ0) is 23.8. The van der Waals surface area contributed by atoms with E-state index in [0.717, 1.165) is 50.3 Å². The Morgan fingerprint density at radius 3 is 2.15 bits per heavy atom. The van der Waals surface area contributed by atoms with Gasteiger partial charge in [0.1, 0.15) is 0 Å². The molecule has 3 nitrogen and oxygen atoms in total. The van der Waals surface area contributed by atoms with Crippen molar-refractivity contribution in [2.45, 2.75) is 50.4 Å². The Morgan fingerprint density at radius 2 is 1.55 bits per heavy atom. The zero-order valence-electron chi connectivity index (χ0n) is 18.1. The number of aryl methyl sites for hydroxylation is 1.